The second kappa shape index (κ2) is 7.38. The van der Waals surface area contributed by atoms with Crippen LogP contribution in [0.25, 0.3) is 33.4 Å². The van der Waals surface area contributed by atoms with Crippen molar-refractivity contribution in [3.8, 4) is 22.4 Å². The number of rotatable bonds is 3. The van der Waals surface area contributed by atoms with Crippen LogP contribution in [0.1, 0.15) is 34.6 Å². The van der Waals surface area contributed by atoms with E-state index >= 15 is 0 Å². The molecule has 2 aliphatic heterocycles. The minimum Gasteiger partial charge on any atom is -0.342 e. The molecular formula is C25H22N6O3. The molecule has 4 aromatic rings. The second-order valence-corrected chi connectivity index (χ2v) is 8.86. The van der Waals surface area contributed by atoms with Crippen LogP contribution in [0.15, 0.2) is 42.6 Å². The Balaban J connectivity index is 1.36. The van der Waals surface area contributed by atoms with Crippen molar-refractivity contribution in [3.63, 3.8) is 0 Å². The summed E-state index contributed by atoms with van der Waals surface area (Å²) in [6.07, 6.45) is 2.41. The van der Waals surface area contributed by atoms with Crippen LogP contribution in [0.3, 0.4) is 0 Å². The SMILES string of the molecule is Cc1nc2ccc(-c3c(-c4ccc5c(c4)CN(C4CCC(=O)NC4=O)C5=O)cnn3C)cc2[nH]1. The fourth-order valence-electron chi connectivity index (χ4n) is 5.02. The Morgan fingerprint density at radius 2 is 1.85 bits per heavy atom. The molecule has 0 bridgehead atoms. The van der Waals surface area contributed by atoms with E-state index in [0.29, 0.717) is 18.5 Å². The molecule has 1 saturated heterocycles. The summed E-state index contributed by atoms with van der Waals surface area (Å²) in [6, 6.07) is 11.2. The quantitative estimate of drug-likeness (QED) is 0.462. The van der Waals surface area contributed by atoms with Gasteiger partial charge in [-0.2, -0.15) is 5.10 Å². The lowest BCUT2D eigenvalue weighted by atomic mass is 9.98. The number of aromatic amines is 1. The largest absolute Gasteiger partial charge is 0.342 e. The number of amides is 3. The topological polar surface area (TPSA) is 113 Å². The van der Waals surface area contributed by atoms with Gasteiger partial charge in [0.1, 0.15) is 11.9 Å². The third-order valence-electron chi connectivity index (χ3n) is 6.65. The van der Waals surface area contributed by atoms with E-state index in [9.17, 15) is 14.4 Å². The summed E-state index contributed by atoms with van der Waals surface area (Å²) in [4.78, 5) is 46.2. The van der Waals surface area contributed by atoms with Crippen molar-refractivity contribution < 1.29 is 14.4 Å². The summed E-state index contributed by atoms with van der Waals surface area (Å²) in [6.45, 7) is 2.27. The van der Waals surface area contributed by atoms with E-state index in [0.717, 1.165) is 44.8 Å². The highest BCUT2D eigenvalue weighted by Gasteiger charge is 2.39. The molecule has 3 amide bonds. The average Bonchev–Trinajstić information content (AvgIpc) is 3.47. The number of hydrogen-bond donors (Lipinski definition) is 2. The van der Waals surface area contributed by atoms with Crippen LogP contribution in [0.4, 0.5) is 0 Å². The number of hydrogen-bond acceptors (Lipinski definition) is 5. The molecule has 2 N–H and O–H groups in total. The monoisotopic (exact) mass is 454 g/mol. The highest BCUT2D eigenvalue weighted by Crippen LogP contribution is 2.36. The summed E-state index contributed by atoms with van der Waals surface area (Å²) < 4.78 is 1.84. The van der Waals surface area contributed by atoms with Gasteiger partial charge >= 0.3 is 0 Å². The zero-order valence-corrected chi connectivity index (χ0v) is 18.8. The first-order valence-corrected chi connectivity index (χ1v) is 11.2. The van der Waals surface area contributed by atoms with E-state index in [2.05, 4.69) is 26.4 Å². The molecule has 34 heavy (non-hydrogen) atoms. The van der Waals surface area contributed by atoms with Crippen molar-refractivity contribution in [3.05, 3.63) is 59.5 Å². The van der Waals surface area contributed by atoms with Crippen LogP contribution < -0.4 is 5.32 Å². The van der Waals surface area contributed by atoms with Crippen LogP contribution >= 0.6 is 0 Å². The molecule has 1 unspecified atom stereocenters. The maximum Gasteiger partial charge on any atom is 0.255 e. The van der Waals surface area contributed by atoms with E-state index in [1.165, 1.54) is 0 Å². The van der Waals surface area contributed by atoms with Gasteiger partial charge in [0, 0.05) is 36.7 Å². The zero-order valence-electron chi connectivity index (χ0n) is 18.8. The Hall–Kier alpha value is -4.27. The van der Waals surface area contributed by atoms with E-state index in [4.69, 9.17) is 0 Å². The highest BCUT2D eigenvalue weighted by molar-refractivity contribution is 6.05. The predicted molar refractivity (Wildman–Crippen MR) is 125 cm³/mol. The Morgan fingerprint density at radius 3 is 2.68 bits per heavy atom. The van der Waals surface area contributed by atoms with Crippen LogP contribution in [0.5, 0.6) is 0 Å². The van der Waals surface area contributed by atoms with Crippen LogP contribution in [-0.2, 0) is 23.2 Å². The van der Waals surface area contributed by atoms with Gasteiger partial charge in [-0.05, 0) is 48.7 Å². The molecule has 0 radical (unpaired) electrons. The Labute approximate surface area is 194 Å². The molecule has 0 saturated carbocycles. The molecule has 1 fully saturated rings. The number of aryl methyl sites for hydroxylation is 2. The van der Waals surface area contributed by atoms with Gasteiger partial charge in [0.15, 0.2) is 0 Å². The molecule has 9 heteroatoms. The van der Waals surface area contributed by atoms with Gasteiger partial charge in [-0.25, -0.2) is 4.98 Å². The van der Waals surface area contributed by atoms with Gasteiger partial charge in [-0.3, -0.25) is 24.4 Å². The standard InChI is InChI=1S/C25H22N6O3/c1-13-27-19-6-4-15(10-20(19)28-13)23-18(11-26-30(23)2)14-3-5-17-16(9-14)12-31(25(17)34)21-7-8-22(32)29-24(21)33/h3-6,9-11,21H,7-8,12H2,1-2H3,(H,27,28)(H,29,32,33). The number of H-pyrrole nitrogens is 1. The third kappa shape index (κ3) is 3.12. The number of piperidine rings is 1. The molecular weight excluding hydrogens is 432 g/mol. The minimum absolute atomic E-state index is 0.178. The number of aromatic nitrogens is 4. The van der Waals surface area contributed by atoms with Crippen molar-refractivity contribution in [2.24, 2.45) is 7.05 Å². The molecule has 0 aliphatic carbocycles. The second-order valence-electron chi connectivity index (χ2n) is 8.86. The molecule has 170 valence electrons. The number of fused-ring (bicyclic) bond motifs is 2. The van der Waals surface area contributed by atoms with Crippen molar-refractivity contribution in [1.29, 1.82) is 0 Å². The number of carbonyl (C=O) groups is 3. The zero-order chi connectivity index (χ0) is 23.6. The first-order chi connectivity index (χ1) is 16.4. The van der Waals surface area contributed by atoms with Crippen LogP contribution in [0.2, 0.25) is 0 Å². The maximum atomic E-state index is 13.0. The summed E-state index contributed by atoms with van der Waals surface area (Å²) in [7, 11) is 1.91. The first kappa shape index (κ1) is 20.3. The predicted octanol–water partition coefficient (Wildman–Crippen LogP) is 2.70. The lowest BCUT2D eigenvalue weighted by Gasteiger charge is -2.29. The fourth-order valence-corrected chi connectivity index (χ4v) is 5.02. The van der Waals surface area contributed by atoms with Crippen LogP contribution in [0, 0.1) is 6.92 Å². The number of imide groups is 1. The molecule has 9 nitrogen and oxygen atoms in total. The molecule has 4 heterocycles. The average molecular weight is 454 g/mol. The lowest BCUT2D eigenvalue weighted by Crippen LogP contribution is -2.52. The van der Waals surface area contributed by atoms with Gasteiger partial charge in [-0.15, -0.1) is 0 Å². The number of imidazole rings is 1. The first-order valence-electron chi connectivity index (χ1n) is 11.2. The molecule has 6 rings (SSSR count). The van der Waals surface area contributed by atoms with Crippen LogP contribution in [-0.4, -0.2) is 48.4 Å². The summed E-state index contributed by atoms with van der Waals surface area (Å²) >= 11 is 0. The Kier molecular flexibility index (Phi) is 4.41. The minimum atomic E-state index is -0.625. The summed E-state index contributed by atoms with van der Waals surface area (Å²) in [5.41, 5.74) is 7.19. The lowest BCUT2D eigenvalue weighted by molar-refractivity contribution is -0.136. The van der Waals surface area contributed by atoms with Gasteiger partial charge < -0.3 is 9.88 Å². The highest BCUT2D eigenvalue weighted by atomic mass is 16.2. The number of nitrogens with one attached hydrogen (secondary N) is 2. The fraction of sp³-hybridized carbons (Fsp3) is 0.240. The summed E-state index contributed by atoms with van der Waals surface area (Å²) in [5, 5.41) is 6.84. The molecule has 2 aliphatic rings. The normalized spacial score (nSPS) is 18.0. The Morgan fingerprint density at radius 1 is 1.03 bits per heavy atom. The van der Waals surface area contributed by atoms with Crippen molar-refractivity contribution in [2.75, 3.05) is 0 Å². The molecule has 2 aromatic heterocycles. The third-order valence-corrected chi connectivity index (χ3v) is 6.65. The molecule has 2 aromatic carbocycles. The van der Waals surface area contributed by atoms with Gasteiger partial charge in [0.2, 0.25) is 11.8 Å². The molecule has 0 spiro atoms. The van der Waals surface area contributed by atoms with E-state index < -0.39 is 11.9 Å². The smallest absolute Gasteiger partial charge is 0.255 e. The van der Waals surface area contributed by atoms with Crippen molar-refractivity contribution in [2.45, 2.75) is 32.4 Å². The van der Waals surface area contributed by atoms with Crippen molar-refractivity contribution >= 4 is 28.8 Å². The van der Waals surface area contributed by atoms with Gasteiger partial charge in [0.25, 0.3) is 5.91 Å². The maximum absolute atomic E-state index is 13.0. The molecule has 1 atom stereocenters. The number of carbonyl (C=O) groups excluding carboxylic acids is 3. The summed E-state index contributed by atoms with van der Waals surface area (Å²) in [5.74, 6) is -0.0133. The van der Waals surface area contributed by atoms with Crippen molar-refractivity contribution in [1.82, 2.24) is 30.0 Å². The number of nitrogens with zero attached hydrogens (tertiary/aromatic N) is 4. The van der Waals surface area contributed by atoms with E-state index in [1.807, 2.05) is 55.2 Å². The number of benzene rings is 2. The Bertz CT molecular complexity index is 1510. The van der Waals surface area contributed by atoms with Gasteiger partial charge in [-0.1, -0.05) is 12.1 Å². The van der Waals surface area contributed by atoms with Gasteiger partial charge in [0.05, 0.1) is 22.9 Å². The van der Waals surface area contributed by atoms with E-state index in [1.54, 1.807) is 4.90 Å². The van der Waals surface area contributed by atoms with E-state index in [-0.39, 0.29) is 18.2 Å².